The molecule has 0 aliphatic carbocycles. The molecule has 0 aliphatic rings. The number of pyridine rings is 1. The first-order valence-corrected chi connectivity index (χ1v) is 5.08. The third-order valence-corrected chi connectivity index (χ3v) is 2.31. The van der Waals surface area contributed by atoms with Gasteiger partial charge in [0.05, 0.1) is 0 Å². The molecule has 2 rings (SSSR count). The fraction of sp³-hybridized carbons (Fsp3) is 0.400. The fourth-order valence-corrected chi connectivity index (χ4v) is 1.53. The summed E-state index contributed by atoms with van der Waals surface area (Å²) in [5.41, 5.74) is 0.268. The average molecular weight is 265 g/mol. The van der Waals surface area contributed by atoms with E-state index >= 15 is 0 Å². The predicted octanol–water partition coefficient (Wildman–Crippen LogP) is 2.95. The molecular formula is C10H8F5N3. The molecule has 0 aromatic carbocycles. The Balaban J connectivity index is 2.39. The van der Waals surface area contributed by atoms with Crippen molar-refractivity contribution in [1.82, 2.24) is 14.6 Å². The maximum absolute atomic E-state index is 12.4. The molecule has 0 bridgehead atoms. The third-order valence-electron chi connectivity index (χ3n) is 2.31. The van der Waals surface area contributed by atoms with Crippen LogP contribution in [-0.4, -0.2) is 21.0 Å². The molecule has 0 atom stereocenters. The molecule has 2 aromatic rings. The zero-order valence-electron chi connectivity index (χ0n) is 8.96. The number of alkyl halides is 5. The Morgan fingerprint density at radius 3 is 2.56 bits per heavy atom. The van der Waals surface area contributed by atoms with Crippen LogP contribution >= 0.6 is 0 Å². The van der Waals surface area contributed by atoms with Crippen LogP contribution in [0.3, 0.4) is 0 Å². The first-order valence-electron chi connectivity index (χ1n) is 5.08. The molecule has 0 saturated carbocycles. The van der Waals surface area contributed by atoms with Gasteiger partial charge in [-0.1, -0.05) is 6.07 Å². The van der Waals surface area contributed by atoms with Crippen LogP contribution in [0.2, 0.25) is 0 Å². The second kappa shape index (κ2) is 4.51. The van der Waals surface area contributed by atoms with E-state index in [2.05, 4.69) is 10.1 Å². The average Bonchev–Trinajstić information content (AvgIpc) is 2.69. The number of halogens is 5. The lowest BCUT2D eigenvalue weighted by atomic mass is 10.2. The molecule has 98 valence electrons. The molecule has 18 heavy (non-hydrogen) atoms. The number of aryl methyl sites for hydroxylation is 1. The van der Waals surface area contributed by atoms with Gasteiger partial charge in [-0.05, 0) is 18.6 Å². The molecular weight excluding hydrogens is 257 g/mol. The second-order valence-electron chi connectivity index (χ2n) is 3.65. The van der Waals surface area contributed by atoms with Crippen molar-refractivity contribution in [1.29, 1.82) is 0 Å². The van der Waals surface area contributed by atoms with E-state index in [0.717, 1.165) is 4.52 Å². The number of hydrogen-bond acceptors (Lipinski definition) is 2. The molecule has 2 aromatic heterocycles. The van der Waals surface area contributed by atoms with Gasteiger partial charge in [-0.2, -0.15) is 13.2 Å². The smallest absolute Gasteiger partial charge is 0.217 e. The lowest BCUT2D eigenvalue weighted by molar-refractivity contribution is -0.144. The quantitative estimate of drug-likeness (QED) is 0.799. The van der Waals surface area contributed by atoms with E-state index in [1.807, 2.05) is 0 Å². The van der Waals surface area contributed by atoms with E-state index in [4.69, 9.17) is 0 Å². The van der Waals surface area contributed by atoms with Gasteiger partial charge in [0.15, 0.2) is 5.65 Å². The van der Waals surface area contributed by atoms with Crippen LogP contribution < -0.4 is 0 Å². The summed E-state index contributed by atoms with van der Waals surface area (Å²) in [7, 11) is 0. The Kier molecular flexibility index (Phi) is 3.18. The monoisotopic (exact) mass is 265 g/mol. The van der Waals surface area contributed by atoms with E-state index in [1.54, 1.807) is 0 Å². The van der Waals surface area contributed by atoms with Crippen molar-refractivity contribution >= 4 is 5.65 Å². The van der Waals surface area contributed by atoms with Gasteiger partial charge < -0.3 is 0 Å². The van der Waals surface area contributed by atoms with Crippen LogP contribution in [0.1, 0.15) is 17.9 Å². The maximum Gasteiger partial charge on any atom is 0.453 e. The lowest BCUT2D eigenvalue weighted by Gasteiger charge is -2.03. The number of hydrogen-bond donors (Lipinski definition) is 0. The summed E-state index contributed by atoms with van der Waals surface area (Å²) < 4.78 is 62.4. The number of nitrogens with zero attached hydrogens (tertiary/aromatic N) is 3. The molecule has 2 heterocycles. The van der Waals surface area contributed by atoms with E-state index in [0.29, 0.717) is 0 Å². The summed E-state index contributed by atoms with van der Waals surface area (Å²) in [5, 5.41) is 3.30. The van der Waals surface area contributed by atoms with Crippen molar-refractivity contribution in [3.63, 3.8) is 0 Å². The van der Waals surface area contributed by atoms with Gasteiger partial charge in [0.1, 0.15) is 0 Å². The molecule has 8 heteroatoms. The van der Waals surface area contributed by atoms with Gasteiger partial charge >= 0.3 is 6.18 Å². The number of aromatic nitrogens is 3. The van der Waals surface area contributed by atoms with Crippen LogP contribution in [0.4, 0.5) is 22.0 Å². The van der Waals surface area contributed by atoms with Crippen LogP contribution in [0.25, 0.3) is 5.65 Å². The second-order valence-corrected chi connectivity index (χ2v) is 3.65. The number of fused-ring (bicyclic) bond motifs is 1. The van der Waals surface area contributed by atoms with Crippen molar-refractivity contribution in [3.05, 3.63) is 29.7 Å². The highest BCUT2D eigenvalue weighted by molar-refractivity contribution is 5.39. The molecule has 0 amide bonds. The molecule has 0 spiro atoms. The van der Waals surface area contributed by atoms with Gasteiger partial charge in [0.25, 0.3) is 5.82 Å². The summed E-state index contributed by atoms with van der Waals surface area (Å²) in [6.45, 7) is 0. The minimum absolute atomic E-state index is 0.00547. The van der Waals surface area contributed by atoms with Gasteiger partial charge in [0, 0.05) is 12.1 Å². The molecule has 0 aliphatic heterocycles. The summed E-state index contributed by atoms with van der Waals surface area (Å²) in [6.07, 6.45) is -7.65. The van der Waals surface area contributed by atoms with Crippen LogP contribution in [0.5, 0.6) is 0 Å². The largest absolute Gasteiger partial charge is 0.453 e. The van der Waals surface area contributed by atoms with Crippen LogP contribution in [0, 0.1) is 0 Å². The fourth-order valence-electron chi connectivity index (χ4n) is 1.53. The van der Waals surface area contributed by atoms with Gasteiger partial charge in [-0.15, -0.1) is 5.10 Å². The van der Waals surface area contributed by atoms with Crippen molar-refractivity contribution in [2.45, 2.75) is 25.4 Å². The normalized spacial score (nSPS) is 12.6. The van der Waals surface area contributed by atoms with Crippen LogP contribution in [-0.2, 0) is 12.6 Å². The molecule has 0 fully saturated rings. The molecule has 0 saturated heterocycles. The zero-order valence-corrected chi connectivity index (χ0v) is 8.96. The topological polar surface area (TPSA) is 30.2 Å². The summed E-state index contributed by atoms with van der Waals surface area (Å²) >= 11 is 0. The van der Waals surface area contributed by atoms with E-state index < -0.39 is 24.8 Å². The molecule has 0 N–H and O–H groups in total. The van der Waals surface area contributed by atoms with E-state index in [1.165, 1.54) is 18.2 Å². The van der Waals surface area contributed by atoms with Gasteiger partial charge in [-0.3, -0.25) is 0 Å². The zero-order chi connectivity index (χ0) is 13.3. The van der Waals surface area contributed by atoms with Gasteiger partial charge in [0.2, 0.25) is 6.43 Å². The molecule has 0 unspecified atom stereocenters. The highest BCUT2D eigenvalue weighted by atomic mass is 19.4. The Morgan fingerprint density at radius 1 is 1.22 bits per heavy atom. The minimum atomic E-state index is -4.65. The first kappa shape index (κ1) is 12.7. The number of rotatable bonds is 3. The van der Waals surface area contributed by atoms with Gasteiger partial charge in [-0.25, -0.2) is 18.3 Å². The summed E-state index contributed by atoms with van der Waals surface area (Å²) in [4.78, 5) is 3.31. The SMILES string of the molecule is FC(F)CCc1cccc2nc(C(F)(F)F)nn12. The van der Waals surface area contributed by atoms with Crippen molar-refractivity contribution < 1.29 is 22.0 Å². The van der Waals surface area contributed by atoms with Crippen molar-refractivity contribution in [3.8, 4) is 0 Å². The molecule has 3 nitrogen and oxygen atoms in total. The molecule has 0 radical (unpaired) electrons. The summed E-state index contributed by atoms with van der Waals surface area (Å²) in [5.74, 6) is -1.27. The standard InChI is InChI=1S/C10H8F5N3/c11-7(12)5-4-6-2-1-3-8-16-9(10(13,14)15)17-18(6)8/h1-3,7H,4-5H2. The highest BCUT2D eigenvalue weighted by Gasteiger charge is 2.36. The summed E-state index contributed by atoms with van der Waals surface area (Å²) in [6, 6.07) is 4.25. The maximum atomic E-state index is 12.4. The van der Waals surface area contributed by atoms with E-state index in [9.17, 15) is 22.0 Å². The highest BCUT2D eigenvalue weighted by Crippen LogP contribution is 2.26. The third kappa shape index (κ3) is 2.57. The minimum Gasteiger partial charge on any atom is -0.217 e. The van der Waals surface area contributed by atoms with Crippen molar-refractivity contribution in [2.24, 2.45) is 0 Å². The Labute approximate surface area is 98.2 Å². The Hall–Kier alpha value is -1.73. The first-order chi connectivity index (χ1) is 8.38. The predicted molar refractivity (Wildman–Crippen MR) is 52.3 cm³/mol. The Bertz CT molecular complexity index is 546. The van der Waals surface area contributed by atoms with E-state index in [-0.39, 0.29) is 17.8 Å². The Morgan fingerprint density at radius 2 is 1.94 bits per heavy atom. The van der Waals surface area contributed by atoms with Crippen LogP contribution in [0.15, 0.2) is 18.2 Å². The van der Waals surface area contributed by atoms with Crippen molar-refractivity contribution in [2.75, 3.05) is 0 Å². The lowest BCUT2D eigenvalue weighted by Crippen LogP contribution is -2.08.